The van der Waals surface area contributed by atoms with Crippen molar-refractivity contribution in [3.05, 3.63) is 10.4 Å². The lowest BCUT2D eigenvalue weighted by Gasteiger charge is -2.27. The summed E-state index contributed by atoms with van der Waals surface area (Å²) in [4.78, 5) is 15.2. The third-order valence-electron chi connectivity index (χ3n) is 2.36. The molecule has 1 amide bonds. The minimum atomic E-state index is -2.97. The number of alkyl halides is 2. The van der Waals surface area contributed by atoms with Crippen LogP contribution in [0.4, 0.5) is 13.6 Å². The van der Waals surface area contributed by atoms with Crippen molar-refractivity contribution in [3.8, 4) is 0 Å². The number of rotatable bonds is 2. The van der Waals surface area contributed by atoms with Crippen LogP contribution in [0.3, 0.4) is 0 Å². The third-order valence-corrected chi connectivity index (χ3v) is 2.36. The molecule has 1 aliphatic heterocycles. The Balaban J connectivity index is 2.77. The Morgan fingerprint density at radius 2 is 2.22 bits per heavy atom. The van der Waals surface area contributed by atoms with Gasteiger partial charge in [0.15, 0.2) is 0 Å². The van der Waals surface area contributed by atoms with Crippen molar-refractivity contribution in [1.29, 1.82) is 0 Å². The second-order valence-corrected chi connectivity index (χ2v) is 5.24. The lowest BCUT2D eigenvalue weighted by atomic mass is 10.2. The Morgan fingerprint density at radius 1 is 1.61 bits per heavy atom. The number of hydrogen-bond acceptors (Lipinski definition) is 3. The predicted molar refractivity (Wildman–Crippen MR) is 60.3 cm³/mol. The molecule has 0 aromatic carbocycles. The molecule has 0 N–H and O–H groups in total. The molecule has 0 saturated carbocycles. The van der Waals surface area contributed by atoms with Crippen LogP contribution < -0.4 is 0 Å². The third kappa shape index (κ3) is 4.03. The van der Waals surface area contributed by atoms with Gasteiger partial charge in [-0.15, -0.1) is 0 Å². The van der Waals surface area contributed by atoms with Crippen LogP contribution in [0.1, 0.15) is 27.2 Å². The number of halogens is 2. The van der Waals surface area contributed by atoms with Crippen molar-refractivity contribution >= 4 is 6.09 Å². The minimum absolute atomic E-state index is 0.175. The fourth-order valence-electron chi connectivity index (χ4n) is 1.73. The molecule has 0 radical (unpaired) electrons. The molecule has 0 aromatic rings. The average Bonchev–Trinajstić information content (AvgIpc) is 2.48. The molecule has 0 aromatic heterocycles. The van der Waals surface area contributed by atoms with E-state index in [1.807, 2.05) is 0 Å². The molecule has 0 aliphatic carbocycles. The van der Waals surface area contributed by atoms with Gasteiger partial charge in [-0.05, 0) is 26.3 Å². The number of ether oxygens (including phenoxy) is 1. The first kappa shape index (κ1) is 14.5. The summed E-state index contributed by atoms with van der Waals surface area (Å²) < 4.78 is 31.6. The Kier molecular flexibility index (Phi) is 4.01. The van der Waals surface area contributed by atoms with E-state index in [-0.39, 0.29) is 6.54 Å². The maximum absolute atomic E-state index is 13.3. The SMILES string of the molecule is CC(C)(C)OC(=O)N1CC(F)(F)C[C@H]1CN=[N+]=[N-]. The molecule has 1 aliphatic rings. The summed E-state index contributed by atoms with van der Waals surface area (Å²) in [7, 11) is 0. The van der Waals surface area contributed by atoms with E-state index in [9.17, 15) is 13.6 Å². The van der Waals surface area contributed by atoms with E-state index >= 15 is 0 Å². The van der Waals surface area contributed by atoms with Crippen LogP contribution in [-0.2, 0) is 4.74 Å². The standard InChI is InChI=1S/C10H16F2N4O2/c1-9(2,3)18-8(17)16-6-10(11,12)4-7(16)5-14-15-13/h7H,4-6H2,1-3H3/t7-/m0/s1. The molecule has 1 saturated heterocycles. The molecular formula is C10H16F2N4O2. The van der Waals surface area contributed by atoms with E-state index < -0.39 is 36.6 Å². The first-order valence-corrected chi connectivity index (χ1v) is 5.53. The zero-order valence-corrected chi connectivity index (χ0v) is 10.6. The molecule has 18 heavy (non-hydrogen) atoms. The van der Waals surface area contributed by atoms with Crippen LogP contribution in [0.15, 0.2) is 5.11 Å². The van der Waals surface area contributed by atoms with Crippen LogP contribution in [0, 0.1) is 0 Å². The predicted octanol–water partition coefficient (Wildman–Crippen LogP) is 2.94. The number of azide groups is 1. The smallest absolute Gasteiger partial charge is 0.410 e. The zero-order chi connectivity index (χ0) is 14.0. The van der Waals surface area contributed by atoms with E-state index in [4.69, 9.17) is 10.3 Å². The Labute approximate surface area is 104 Å². The lowest BCUT2D eigenvalue weighted by molar-refractivity contribution is -0.00236. The summed E-state index contributed by atoms with van der Waals surface area (Å²) in [6.07, 6.45) is -1.32. The highest BCUT2D eigenvalue weighted by Crippen LogP contribution is 2.33. The molecule has 0 spiro atoms. The van der Waals surface area contributed by atoms with Gasteiger partial charge in [0.05, 0.1) is 6.54 Å². The van der Waals surface area contributed by atoms with Gasteiger partial charge in [-0.3, -0.25) is 4.90 Å². The molecule has 0 bridgehead atoms. The molecule has 1 rings (SSSR count). The summed E-state index contributed by atoms with van der Waals surface area (Å²) in [5, 5.41) is 3.25. The molecular weight excluding hydrogens is 246 g/mol. The fraction of sp³-hybridized carbons (Fsp3) is 0.900. The van der Waals surface area contributed by atoms with Gasteiger partial charge in [0, 0.05) is 23.9 Å². The van der Waals surface area contributed by atoms with Crippen LogP contribution >= 0.6 is 0 Å². The van der Waals surface area contributed by atoms with E-state index in [2.05, 4.69) is 10.0 Å². The van der Waals surface area contributed by atoms with Crippen molar-refractivity contribution in [2.24, 2.45) is 5.11 Å². The van der Waals surface area contributed by atoms with Gasteiger partial charge in [0.25, 0.3) is 5.92 Å². The van der Waals surface area contributed by atoms with Crippen LogP contribution in [0.25, 0.3) is 10.4 Å². The minimum Gasteiger partial charge on any atom is -0.444 e. The van der Waals surface area contributed by atoms with Crippen molar-refractivity contribution in [1.82, 2.24) is 4.90 Å². The molecule has 1 fully saturated rings. The fourth-order valence-corrected chi connectivity index (χ4v) is 1.73. The normalized spacial score (nSPS) is 22.5. The maximum atomic E-state index is 13.3. The van der Waals surface area contributed by atoms with E-state index in [0.717, 1.165) is 4.90 Å². The number of likely N-dealkylation sites (tertiary alicyclic amines) is 1. The first-order chi connectivity index (χ1) is 8.14. The summed E-state index contributed by atoms with van der Waals surface area (Å²) in [6, 6.07) is -0.814. The molecule has 0 unspecified atom stereocenters. The number of nitrogens with zero attached hydrogens (tertiary/aromatic N) is 4. The largest absolute Gasteiger partial charge is 0.444 e. The van der Waals surface area contributed by atoms with Crippen molar-refractivity contribution in [2.45, 2.75) is 44.8 Å². The van der Waals surface area contributed by atoms with Gasteiger partial charge < -0.3 is 4.74 Å². The number of carbonyl (C=O) groups excluding carboxylic acids is 1. The quantitative estimate of drug-likeness (QED) is 0.435. The first-order valence-electron chi connectivity index (χ1n) is 5.53. The molecule has 6 nitrogen and oxygen atoms in total. The number of carbonyl (C=O) groups is 1. The van der Waals surface area contributed by atoms with Crippen molar-refractivity contribution in [3.63, 3.8) is 0 Å². The van der Waals surface area contributed by atoms with Gasteiger partial charge in [0.2, 0.25) is 0 Å². The average molecular weight is 262 g/mol. The van der Waals surface area contributed by atoms with Gasteiger partial charge in [-0.25, -0.2) is 13.6 Å². The molecule has 1 heterocycles. The second-order valence-electron chi connectivity index (χ2n) is 5.24. The second kappa shape index (κ2) is 4.97. The highest BCUT2D eigenvalue weighted by molar-refractivity contribution is 5.69. The Hall–Kier alpha value is -1.56. The van der Waals surface area contributed by atoms with E-state index in [1.165, 1.54) is 0 Å². The number of amides is 1. The van der Waals surface area contributed by atoms with Crippen LogP contribution in [0.5, 0.6) is 0 Å². The Morgan fingerprint density at radius 3 is 2.72 bits per heavy atom. The monoisotopic (exact) mass is 262 g/mol. The summed E-state index contributed by atoms with van der Waals surface area (Å²) >= 11 is 0. The summed E-state index contributed by atoms with van der Waals surface area (Å²) in [5.41, 5.74) is 7.45. The van der Waals surface area contributed by atoms with Gasteiger partial charge in [0.1, 0.15) is 5.60 Å². The summed E-state index contributed by atoms with van der Waals surface area (Å²) in [5.74, 6) is -2.97. The van der Waals surface area contributed by atoms with Crippen molar-refractivity contribution in [2.75, 3.05) is 13.1 Å². The van der Waals surface area contributed by atoms with Crippen LogP contribution in [0.2, 0.25) is 0 Å². The lowest BCUT2D eigenvalue weighted by Crippen LogP contribution is -2.41. The molecule has 102 valence electrons. The highest BCUT2D eigenvalue weighted by Gasteiger charge is 2.47. The van der Waals surface area contributed by atoms with E-state index in [1.54, 1.807) is 20.8 Å². The van der Waals surface area contributed by atoms with Crippen LogP contribution in [-0.4, -0.2) is 41.6 Å². The topological polar surface area (TPSA) is 78.3 Å². The van der Waals surface area contributed by atoms with Crippen molar-refractivity contribution < 1.29 is 18.3 Å². The number of hydrogen-bond donors (Lipinski definition) is 0. The molecule has 8 heteroatoms. The zero-order valence-electron chi connectivity index (χ0n) is 10.6. The van der Waals surface area contributed by atoms with E-state index in [0.29, 0.717) is 0 Å². The molecule has 1 atom stereocenters. The Bertz CT molecular complexity index is 375. The van der Waals surface area contributed by atoms with Gasteiger partial charge in [-0.1, -0.05) is 5.11 Å². The maximum Gasteiger partial charge on any atom is 0.410 e. The van der Waals surface area contributed by atoms with Gasteiger partial charge in [-0.2, -0.15) is 0 Å². The van der Waals surface area contributed by atoms with Gasteiger partial charge >= 0.3 is 6.09 Å². The summed E-state index contributed by atoms with van der Waals surface area (Å²) in [6.45, 7) is 4.09. The highest BCUT2D eigenvalue weighted by atomic mass is 19.3.